The van der Waals surface area contributed by atoms with Gasteiger partial charge < -0.3 is 14.8 Å². The summed E-state index contributed by atoms with van der Waals surface area (Å²) in [6.07, 6.45) is 0. The largest absolute Gasteiger partial charge is 0.454 e. The second-order valence-electron chi connectivity index (χ2n) is 5.12. The van der Waals surface area contributed by atoms with Gasteiger partial charge in [-0.15, -0.1) is 0 Å². The average Bonchev–Trinajstić information content (AvgIpc) is 3.04. The van der Waals surface area contributed by atoms with E-state index in [4.69, 9.17) is 26.3 Å². The Balaban J connectivity index is 1.76. The lowest BCUT2D eigenvalue weighted by Crippen LogP contribution is -2.26. The van der Waals surface area contributed by atoms with Crippen LogP contribution in [0.4, 0.5) is 0 Å². The second kappa shape index (κ2) is 6.19. The quantitative estimate of drug-likeness (QED) is 0.937. The minimum Gasteiger partial charge on any atom is -0.454 e. The summed E-state index contributed by atoms with van der Waals surface area (Å²) < 4.78 is 10.5. The minimum atomic E-state index is -0.262. The summed E-state index contributed by atoms with van der Waals surface area (Å²) in [6.45, 7) is 1.97. The van der Waals surface area contributed by atoms with Crippen molar-refractivity contribution < 1.29 is 14.3 Å². The molecule has 0 spiro atoms. The van der Waals surface area contributed by atoms with Gasteiger partial charge in [0.2, 0.25) is 6.79 Å². The zero-order chi connectivity index (χ0) is 16.4. The summed E-state index contributed by atoms with van der Waals surface area (Å²) in [4.78, 5) is 12.4. The first kappa shape index (κ1) is 15.2. The van der Waals surface area contributed by atoms with E-state index in [-0.39, 0.29) is 18.7 Å². The number of amides is 1. The third-order valence-electron chi connectivity index (χ3n) is 3.58. The number of benzene rings is 2. The smallest absolute Gasteiger partial charge is 0.251 e. The molecule has 0 saturated heterocycles. The highest BCUT2D eigenvalue weighted by molar-refractivity contribution is 6.32. The molecule has 0 fully saturated rings. The Morgan fingerprint density at radius 1 is 1.30 bits per heavy atom. The van der Waals surface area contributed by atoms with Crippen LogP contribution in [0, 0.1) is 11.3 Å². The lowest BCUT2D eigenvalue weighted by Gasteiger charge is -2.15. The van der Waals surface area contributed by atoms with Gasteiger partial charge in [-0.05, 0) is 36.8 Å². The highest BCUT2D eigenvalue weighted by atomic mass is 35.5. The first-order chi connectivity index (χ1) is 11.1. The van der Waals surface area contributed by atoms with Gasteiger partial charge in [0.25, 0.3) is 5.91 Å². The zero-order valence-corrected chi connectivity index (χ0v) is 13.1. The number of carbonyl (C=O) groups excluding carboxylic acids is 1. The van der Waals surface area contributed by atoms with Crippen molar-refractivity contribution in [1.29, 1.82) is 5.26 Å². The van der Waals surface area contributed by atoms with Gasteiger partial charge in [-0.1, -0.05) is 23.7 Å². The van der Waals surface area contributed by atoms with Crippen LogP contribution in [-0.4, -0.2) is 12.7 Å². The molecule has 3 rings (SSSR count). The number of ether oxygens (including phenoxy) is 2. The molecule has 23 heavy (non-hydrogen) atoms. The number of carbonyl (C=O) groups is 1. The number of nitrogens with one attached hydrogen (secondary N) is 1. The maximum atomic E-state index is 12.4. The molecule has 6 heteroatoms. The Hall–Kier alpha value is -2.71. The van der Waals surface area contributed by atoms with E-state index in [1.54, 1.807) is 24.3 Å². The number of nitriles is 1. The highest BCUT2D eigenvalue weighted by Crippen LogP contribution is 2.39. The number of halogens is 1. The molecule has 1 N–H and O–H groups in total. The van der Waals surface area contributed by atoms with E-state index in [0.29, 0.717) is 27.6 Å². The van der Waals surface area contributed by atoms with Gasteiger partial charge in [-0.25, -0.2) is 0 Å². The highest BCUT2D eigenvalue weighted by Gasteiger charge is 2.21. The van der Waals surface area contributed by atoms with Gasteiger partial charge >= 0.3 is 0 Å². The van der Waals surface area contributed by atoms with Gasteiger partial charge in [0.15, 0.2) is 11.5 Å². The Labute approximate surface area is 138 Å². The molecule has 0 radical (unpaired) electrons. The molecule has 2 aromatic rings. The van der Waals surface area contributed by atoms with Crippen LogP contribution in [0.3, 0.4) is 0 Å². The van der Waals surface area contributed by atoms with Crippen LogP contribution in [0.2, 0.25) is 5.02 Å². The molecule has 1 aliphatic rings. The van der Waals surface area contributed by atoms with Crippen molar-refractivity contribution in [2.24, 2.45) is 0 Å². The predicted molar refractivity (Wildman–Crippen MR) is 84.6 cm³/mol. The number of fused-ring (bicyclic) bond motifs is 1. The summed E-state index contributed by atoms with van der Waals surface area (Å²) in [6, 6.07) is 12.1. The molecule has 0 aromatic heterocycles. The summed E-state index contributed by atoms with van der Waals surface area (Å²) in [5.74, 6) is 0.666. The number of hydrogen-bond donors (Lipinski definition) is 1. The van der Waals surface area contributed by atoms with Crippen LogP contribution >= 0.6 is 11.6 Å². The maximum Gasteiger partial charge on any atom is 0.251 e. The molecule has 1 heterocycles. The van der Waals surface area contributed by atoms with E-state index < -0.39 is 0 Å². The zero-order valence-electron chi connectivity index (χ0n) is 12.3. The monoisotopic (exact) mass is 328 g/mol. The first-order valence-corrected chi connectivity index (χ1v) is 7.36. The standard InChI is InChI=1S/C17H13ClN2O3/c1-10(12-4-2-11(8-19)3-5-12)20-17(21)13-6-14(18)16-15(7-13)22-9-23-16/h2-7,10H,9H2,1H3,(H,20,21). The van der Waals surface area contributed by atoms with Crippen molar-refractivity contribution in [3.63, 3.8) is 0 Å². The van der Waals surface area contributed by atoms with Crippen molar-refractivity contribution in [3.05, 3.63) is 58.1 Å². The molecule has 1 amide bonds. The first-order valence-electron chi connectivity index (χ1n) is 6.98. The molecule has 0 saturated carbocycles. The van der Waals surface area contributed by atoms with Gasteiger partial charge in [0.1, 0.15) is 0 Å². The van der Waals surface area contributed by atoms with Crippen LogP contribution in [-0.2, 0) is 0 Å². The van der Waals surface area contributed by atoms with Crippen molar-refractivity contribution in [2.75, 3.05) is 6.79 Å². The third kappa shape index (κ3) is 3.08. The van der Waals surface area contributed by atoms with Gasteiger partial charge in [0, 0.05) is 5.56 Å². The Morgan fingerprint density at radius 3 is 2.74 bits per heavy atom. The van der Waals surface area contributed by atoms with E-state index in [9.17, 15) is 4.79 Å². The van der Waals surface area contributed by atoms with Crippen LogP contribution in [0.25, 0.3) is 0 Å². The topological polar surface area (TPSA) is 71.3 Å². The fraction of sp³-hybridized carbons (Fsp3) is 0.176. The molecular weight excluding hydrogens is 316 g/mol. The number of nitrogens with zero attached hydrogens (tertiary/aromatic N) is 1. The van der Waals surface area contributed by atoms with E-state index in [0.717, 1.165) is 5.56 Å². The SMILES string of the molecule is CC(NC(=O)c1cc(Cl)c2c(c1)OCO2)c1ccc(C#N)cc1. The number of hydrogen-bond acceptors (Lipinski definition) is 4. The fourth-order valence-electron chi connectivity index (χ4n) is 2.31. The average molecular weight is 329 g/mol. The van der Waals surface area contributed by atoms with E-state index in [1.165, 1.54) is 0 Å². The molecule has 2 aromatic carbocycles. The van der Waals surface area contributed by atoms with Crippen LogP contribution < -0.4 is 14.8 Å². The van der Waals surface area contributed by atoms with E-state index >= 15 is 0 Å². The van der Waals surface area contributed by atoms with E-state index in [1.807, 2.05) is 19.1 Å². The molecule has 5 nitrogen and oxygen atoms in total. The molecule has 0 bridgehead atoms. The lowest BCUT2D eigenvalue weighted by molar-refractivity contribution is 0.0939. The molecular formula is C17H13ClN2O3. The summed E-state index contributed by atoms with van der Waals surface area (Å²) >= 11 is 6.09. The summed E-state index contributed by atoms with van der Waals surface area (Å²) in [5, 5.41) is 12.0. The molecule has 1 atom stereocenters. The van der Waals surface area contributed by atoms with Crippen LogP contribution in [0.15, 0.2) is 36.4 Å². The fourth-order valence-corrected chi connectivity index (χ4v) is 2.57. The molecule has 1 aliphatic heterocycles. The van der Waals surface area contributed by atoms with Crippen molar-refractivity contribution in [1.82, 2.24) is 5.32 Å². The Bertz CT molecular complexity index is 797. The van der Waals surface area contributed by atoms with Crippen molar-refractivity contribution in [2.45, 2.75) is 13.0 Å². The lowest BCUT2D eigenvalue weighted by atomic mass is 10.1. The maximum absolute atomic E-state index is 12.4. The Kier molecular flexibility index (Phi) is 4.09. The van der Waals surface area contributed by atoms with Crippen molar-refractivity contribution in [3.8, 4) is 17.6 Å². The van der Waals surface area contributed by atoms with Gasteiger partial charge in [0.05, 0.1) is 22.7 Å². The predicted octanol–water partition coefficient (Wildman–Crippen LogP) is 3.43. The normalized spacial score (nSPS) is 13.3. The molecule has 116 valence electrons. The van der Waals surface area contributed by atoms with Crippen molar-refractivity contribution >= 4 is 17.5 Å². The van der Waals surface area contributed by atoms with Crippen LogP contribution in [0.5, 0.6) is 11.5 Å². The van der Waals surface area contributed by atoms with Crippen LogP contribution in [0.1, 0.15) is 34.5 Å². The molecule has 0 aliphatic carbocycles. The van der Waals surface area contributed by atoms with E-state index in [2.05, 4.69) is 11.4 Å². The van der Waals surface area contributed by atoms with Gasteiger partial charge in [-0.2, -0.15) is 5.26 Å². The molecule has 1 unspecified atom stereocenters. The summed E-state index contributed by atoms with van der Waals surface area (Å²) in [7, 11) is 0. The van der Waals surface area contributed by atoms with Gasteiger partial charge in [-0.3, -0.25) is 4.79 Å². The third-order valence-corrected chi connectivity index (χ3v) is 3.86. The summed E-state index contributed by atoms with van der Waals surface area (Å²) in [5.41, 5.74) is 1.89. The minimum absolute atomic E-state index is 0.0990. The Morgan fingerprint density at radius 2 is 2.04 bits per heavy atom. The second-order valence-corrected chi connectivity index (χ2v) is 5.53. The number of rotatable bonds is 3.